The fourth-order valence-corrected chi connectivity index (χ4v) is 7.79. The number of aromatic amines is 2. The molecule has 3 aliphatic rings. The molecule has 2 atom stereocenters. The van der Waals surface area contributed by atoms with Gasteiger partial charge in [-0.1, -0.05) is 18.2 Å². The Morgan fingerprint density at radius 2 is 1.92 bits per heavy atom. The quantitative estimate of drug-likeness (QED) is 0.289. The second-order valence-electron chi connectivity index (χ2n) is 10.8. The molecule has 5 aromatic rings. The van der Waals surface area contributed by atoms with Gasteiger partial charge in [-0.25, -0.2) is 0 Å². The first kappa shape index (κ1) is 21.8. The zero-order chi connectivity index (χ0) is 25.8. The van der Waals surface area contributed by atoms with Crippen molar-refractivity contribution < 1.29 is 14.4 Å². The molecule has 2 N–H and O–H groups in total. The van der Waals surface area contributed by atoms with Crippen LogP contribution in [0.3, 0.4) is 0 Å². The van der Waals surface area contributed by atoms with Crippen LogP contribution in [0.1, 0.15) is 53.5 Å². The second-order valence-corrected chi connectivity index (χ2v) is 11.6. The van der Waals surface area contributed by atoms with Crippen LogP contribution in [0.4, 0.5) is 0 Å². The predicted octanol–water partition coefficient (Wildman–Crippen LogP) is 5.94. The van der Waals surface area contributed by atoms with Gasteiger partial charge in [0.25, 0.3) is 5.91 Å². The third kappa shape index (κ3) is 2.85. The molecular weight excluding hydrogens is 494 g/mol. The van der Waals surface area contributed by atoms with Crippen molar-refractivity contribution in [2.45, 2.75) is 25.2 Å². The number of Topliss-reactive ketones (excluding diaryl/α,β-unsaturated/α-hetero) is 1. The van der Waals surface area contributed by atoms with Gasteiger partial charge in [0.1, 0.15) is 0 Å². The van der Waals surface area contributed by atoms with Crippen LogP contribution in [-0.2, 0) is 11.8 Å². The molecule has 0 bridgehead atoms. The van der Waals surface area contributed by atoms with Crippen LogP contribution >= 0.6 is 11.3 Å². The lowest BCUT2D eigenvalue weighted by Crippen LogP contribution is -2.33. The van der Waals surface area contributed by atoms with E-state index < -0.39 is 0 Å². The topological polar surface area (TPSA) is 86.0 Å². The van der Waals surface area contributed by atoms with E-state index in [2.05, 4.69) is 22.3 Å². The van der Waals surface area contributed by atoms with Gasteiger partial charge in [0, 0.05) is 70.1 Å². The zero-order valence-electron chi connectivity index (χ0n) is 20.6. The van der Waals surface area contributed by atoms with Gasteiger partial charge in [0.15, 0.2) is 11.6 Å². The maximum Gasteiger partial charge on any atom is 0.258 e. The number of nitrogens with one attached hydrogen (secondary N) is 2. The van der Waals surface area contributed by atoms with Crippen LogP contribution in [0.25, 0.3) is 21.8 Å². The average Bonchev–Trinajstić information content (AvgIpc) is 3.39. The molecule has 1 amide bonds. The Kier molecular flexibility index (Phi) is 4.26. The zero-order valence-corrected chi connectivity index (χ0v) is 21.4. The van der Waals surface area contributed by atoms with Crippen molar-refractivity contribution in [3.8, 4) is 0 Å². The Hall–Kier alpha value is -4.23. The highest BCUT2D eigenvalue weighted by Gasteiger charge is 2.68. The van der Waals surface area contributed by atoms with Gasteiger partial charge in [-0.05, 0) is 71.0 Å². The summed E-state index contributed by atoms with van der Waals surface area (Å²) in [6.45, 7) is 2.71. The Labute approximate surface area is 222 Å². The average molecular weight is 518 g/mol. The number of fused-ring (bicyclic) bond motifs is 3. The van der Waals surface area contributed by atoms with Crippen LogP contribution in [0.2, 0.25) is 0 Å². The summed E-state index contributed by atoms with van der Waals surface area (Å²) in [5, 5.41) is 4.07. The Morgan fingerprint density at radius 1 is 1.08 bits per heavy atom. The predicted molar refractivity (Wildman–Crippen MR) is 147 cm³/mol. The maximum absolute atomic E-state index is 13.7. The molecule has 6 nitrogen and oxygen atoms in total. The molecule has 4 heterocycles. The first-order chi connectivity index (χ1) is 18.4. The summed E-state index contributed by atoms with van der Waals surface area (Å²) in [6, 6.07) is 13.3. The highest BCUT2D eigenvalue weighted by molar-refractivity contribution is 7.12. The summed E-state index contributed by atoms with van der Waals surface area (Å²) >= 11 is 1.52. The van der Waals surface area contributed by atoms with E-state index in [1.54, 1.807) is 6.08 Å². The molecule has 1 saturated heterocycles. The molecule has 2 fully saturated rings. The third-order valence-electron chi connectivity index (χ3n) is 8.66. The number of amides is 1. The third-order valence-corrected chi connectivity index (χ3v) is 9.77. The van der Waals surface area contributed by atoms with Gasteiger partial charge in [0.05, 0.1) is 4.88 Å². The van der Waals surface area contributed by atoms with E-state index in [-0.39, 0.29) is 29.3 Å². The van der Waals surface area contributed by atoms with Gasteiger partial charge in [-0.2, -0.15) is 0 Å². The number of carbonyl (C=O) groups excluding carboxylic acids is 3. The van der Waals surface area contributed by atoms with Crippen molar-refractivity contribution >= 4 is 50.6 Å². The molecule has 0 unspecified atom stereocenters. The van der Waals surface area contributed by atoms with Crippen LogP contribution in [-0.4, -0.2) is 38.9 Å². The molecule has 0 radical (unpaired) electrons. The highest BCUT2D eigenvalue weighted by atomic mass is 32.1. The first-order valence-corrected chi connectivity index (χ1v) is 13.7. The lowest BCUT2D eigenvalue weighted by Gasteiger charge is -2.28. The summed E-state index contributed by atoms with van der Waals surface area (Å²) in [6.07, 6.45) is 6.70. The van der Waals surface area contributed by atoms with E-state index >= 15 is 0 Å². The summed E-state index contributed by atoms with van der Waals surface area (Å²) in [5.41, 5.74) is 6.91. The van der Waals surface area contributed by atoms with E-state index in [0.29, 0.717) is 23.6 Å². The van der Waals surface area contributed by atoms with E-state index in [0.717, 1.165) is 55.5 Å². The number of thiophene rings is 1. The number of H-pyrrole nitrogens is 2. The largest absolute Gasteiger partial charge is 0.361 e. The van der Waals surface area contributed by atoms with E-state index in [9.17, 15) is 14.4 Å². The van der Waals surface area contributed by atoms with Crippen molar-refractivity contribution in [3.63, 3.8) is 0 Å². The van der Waals surface area contributed by atoms with Gasteiger partial charge in [0.2, 0.25) is 0 Å². The number of aromatic nitrogens is 2. The number of carbonyl (C=O) groups is 3. The second kappa shape index (κ2) is 7.42. The first-order valence-electron chi connectivity index (χ1n) is 12.8. The molecule has 7 heteroatoms. The lowest BCUT2D eigenvalue weighted by molar-refractivity contribution is 0.0811. The van der Waals surface area contributed by atoms with Gasteiger partial charge in [-0.15, -0.1) is 11.3 Å². The van der Waals surface area contributed by atoms with Crippen molar-refractivity contribution in [1.82, 2.24) is 14.9 Å². The summed E-state index contributed by atoms with van der Waals surface area (Å²) in [4.78, 5) is 48.7. The van der Waals surface area contributed by atoms with Crippen LogP contribution < -0.4 is 0 Å². The number of hydrogen-bond acceptors (Lipinski definition) is 4. The molecule has 8 rings (SSSR count). The number of rotatable bonds is 4. The van der Waals surface area contributed by atoms with E-state index in [1.165, 1.54) is 11.3 Å². The maximum atomic E-state index is 13.7. The molecule has 3 aromatic heterocycles. The SMILES string of the molecule is Cc1csc2c1[C@@]13C[C@@H]1CN(C(=O)c1ccc4c(CC(=O)c5ccc6cc[nH]c6c5)c[nH]c4c1)C3=CC2=O. The van der Waals surface area contributed by atoms with Crippen molar-refractivity contribution in [2.24, 2.45) is 5.92 Å². The molecule has 1 spiro atoms. The molecule has 186 valence electrons. The minimum Gasteiger partial charge on any atom is -0.361 e. The summed E-state index contributed by atoms with van der Waals surface area (Å²) < 4.78 is 0. The number of nitrogens with zero attached hydrogens (tertiary/aromatic N) is 1. The Bertz CT molecular complexity index is 1900. The summed E-state index contributed by atoms with van der Waals surface area (Å²) in [5.74, 6) is 0.338. The molecule has 1 aliphatic heterocycles. The molecule has 1 saturated carbocycles. The highest BCUT2D eigenvalue weighted by Crippen LogP contribution is 2.68. The number of benzene rings is 2. The standard InChI is InChI=1S/C31H23N3O3S/c1-16-15-38-29-26(36)11-27-31(28(16)29)12-21(31)14-34(27)30(37)19-4-5-22-20(13-33-24(22)9-19)10-25(35)18-3-2-17-6-7-32-23(17)8-18/h2-9,11,13,15,21,32-33H,10,12,14H2,1H3/t21-,31+/m1/s1. The molecular formula is C31H23N3O3S. The Balaban J connectivity index is 1.08. The van der Waals surface area contributed by atoms with Crippen LogP contribution in [0, 0.1) is 12.8 Å². The van der Waals surface area contributed by atoms with Gasteiger partial charge < -0.3 is 14.9 Å². The normalized spacial score (nSPS) is 21.4. The number of allylic oxidation sites excluding steroid dienone is 2. The van der Waals surface area contributed by atoms with E-state index in [4.69, 9.17) is 0 Å². The van der Waals surface area contributed by atoms with Crippen molar-refractivity contribution in [3.05, 3.63) is 105 Å². The molecule has 2 aliphatic carbocycles. The molecule has 38 heavy (non-hydrogen) atoms. The molecule has 2 aromatic carbocycles. The van der Waals surface area contributed by atoms with Crippen molar-refractivity contribution in [2.75, 3.05) is 6.54 Å². The summed E-state index contributed by atoms with van der Waals surface area (Å²) in [7, 11) is 0. The monoisotopic (exact) mass is 517 g/mol. The van der Waals surface area contributed by atoms with Gasteiger partial charge >= 0.3 is 0 Å². The minimum absolute atomic E-state index is 0.00798. The van der Waals surface area contributed by atoms with E-state index in [1.807, 2.05) is 59.8 Å². The minimum atomic E-state index is -0.170. The fraction of sp³-hybridized carbons (Fsp3) is 0.194. The number of likely N-dealkylation sites (tertiary alicyclic amines) is 1. The van der Waals surface area contributed by atoms with Crippen LogP contribution in [0.5, 0.6) is 0 Å². The number of ketones is 2. The Morgan fingerprint density at radius 3 is 2.82 bits per heavy atom. The number of aryl methyl sites for hydroxylation is 1. The number of piperidine rings is 1. The van der Waals surface area contributed by atoms with Crippen LogP contribution in [0.15, 0.2) is 72.0 Å². The number of hydrogen-bond donors (Lipinski definition) is 2. The van der Waals surface area contributed by atoms with Crippen molar-refractivity contribution in [1.29, 1.82) is 0 Å². The fourth-order valence-electron chi connectivity index (χ4n) is 6.74. The smallest absolute Gasteiger partial charge is 0.258 e. The van der Waals surface area contributed by atoms with Gasteiger partial charge in [-0.3, -0.25) is 14.4 Å². The lowest BCUT2D eigenvalue weighted by atomic mass is 9.84.